The van der Waals surface area contributed by atoms with E-state index in [4.69, 9.17) is 0 Å². The molecule has 0 aromatic heterocycles. The third-order valence-corrected chi connectivity index (χ3v) is 7.47. The molecule has 0 radical (unpaired) electrons. The molecule has 1 aliphatic heterocycles. The predicted octanol–water partition coefficient (Wildman–Crippen LogP) is 5.54. The molecule has 0 bridgehead atoms. The quantitative estimate of drug-likeness (QED) is 0.312. The van der Waals surface area contributed by atoms with Gasteiger partial charge in [-0.05, 0) is 55.2 Å². The van der Waals surface area contributed by atoms with Crippen molar-refractivity contribution in [1.29, 1.82) is 5.26 Å². The molecule has 1 unspecified atom stereocenters. The zero-order valence-electron chi connectivity index (χ0n) is 19.2. The number of hydrogen-bond donors (Lipinski definition) is 1. The molecule has 3 aromatic rings. The van der Waals surface area contributed by atoms with E-state index in [1.807, 2.05) is 85.8 Å². The largest absolute Gasteiger partial charge is 0.351 e. The lowest BCUT2D eigenvalue weighted by molar-refractivity contribution is -0.117. The molecule has 1 aliphatic rings. The van der Waals surface area contributed by atoms with E-state index in [-0.39, 0.29) is 11.5 Å². The van der Waals surface area contributed by atoms with E-state index in [1.54, 1.807) is 0 Å². The maximum absolute atomic E-state index is 13.5. The van der Waals surface area contributed by atoms with E-state index < -0.39 is 11.2 Å². The van der Waals surface area contributed by atoms with Crippen LogP contribution in [-0.2, 0) is 22.4 Å². The molecule has 2 amide bonds. The van der Waals surface area contributed by atoms with Gasteiger partial charge in [-0.15, -0.1) is 0 Å². The van der Waals surface area contributed by atoms with Gasteiger partial charge in [-0.25, -0.2) is 0 Å². The van der Waals surface area contributed by atoms with Gasteiger partial charge in [0.25, 0.3) is 5.91 Å². The summed E-state index contributed by atoms with van der Waals surface area (Å²) in [6, 6.07) is 27.2. The Morgan fingerprint density at radius 3 is 2.37 bits per heavy atom. The minimum Gasteiger partial charge on any atom is -0.351 e. The molecule has 1 heterocycles. The number of nitriles is 1. The first-order valence-electron chi connectivity index (χ1n) is 11.2. The lowest BCUT2D eigenvalue weighted by atomic mass is 10.1. The van der Waals surface area contributed by atoms with E-state index in [0.29, 0.717) is 30.1 Å². The van der Waals surface area contributed by atoms with E-state index >= 15 is 0 Å². The first-order chi connectivity index (χ1) is 17.0. The van der Waals surface area contributed by atoms with Crippen LogP contribution in [0.4, 0.5) is 5.69 Å². The predicted molar refractivity (Wildman–Crippen MR) is 144 cm³/mol. The Morgan fingerprint density at radius 1 is 1.03 bits per heavy atom. The standard InChI is InChI=1S/C28H24BrN3O2S/c1-19-7-13-23(14-8-19)32-27(34)25(17-21-9-11-22(29)12-10-21)35-28(32)24(18-30)26(33)31-16-15-20-5-3-2-4-6-20/h2-14,25H,15-17H2,1H3,(H,31,33). The van der Waals surface area contributed by atoms with Crippen molar-refractivity contribution < 1.29 is 9.59 Å². The number of hydrogen-bond acceptors (Lipinski definition) is 4. The zero-order chi connectivity index (χ0) is 24.8. The molecule has 0 spiro atoms. The summed E-state index contributed by atoms with van der Waals surface area (Å²) in [5.41, 5.74) is 3.76. The fraction of sp³-hybridized carbons (Fsp3) is 0.179. The van der Waals surface area contributed by atoms with Crippen molar-refractivity contribution in [3.63, 3.8) is 0 Å². The van der Waals surface area contributed by atoms with Crippen molar-refractivity contribution in [2.75, 3.05) is 11.4 Å². The number of nitrogens with one attached hydrogen (secondary N) is 1. The topological polar surface area (TPSA) is 73.2 Å². The smallest absolute Gasteiger partial charge is 0.264 e. The second-order valence-electron chi connectivity index (χ2n) is 8.23. The van der Waals surface area contributed by atoms with Crippen LogP contribution in [0.1, 0.15) is 16.7 Å². The van der Waals surface area contributed by atoms with Crippen molar-refractivity contribution in [2.24, 2.45) is 0 Å². The molecule has 176 valence electrons. The number of thioether (sulfide) groups is 1. The van der Waals surface area contributed by atoms with Crippen molar-refractivity contribution in [1.82, 2.24) is 5.32 Å². The van der Waals surface area contributed by atoms with Crippen LogP contribution < -0.4 is 10.2 Å². The van der Waals surface area contributed by atoms with Gasteiger partial charge in [-0.2, -0.15) is 5.26 Å². The van der Waals surface area contributed by atoms with Crippen LogP contribution in [0, 0.1) is 18.3 Å². The molecule has 5 nitrogen and oxygen atoms in total. The molecule has 1 saturated heterocycles. The van der Waals surface area contributed by atoms with Gasteiger partial charge < -0.3 is 5.32 Å². The molecular formula is C28H24BrN3O2S. The maximum atomic E-state index is 13.5. The van der Waals surface area contributed by atoms with Crippen LogP contribution in [0.3, 0.4) is 0 Å². The Balaban J connectivity index is 1.61. The third kappa shape index (κ3) is 6.02. The Kier molecular flexibility index (Phi) is 8.06. The second kappa shape index (κ2) is 11.4. The minimum atomic E-state index is -0.472. The van der Waals surface area contributed by atoms with Gasteiger partial charge in [0.15, 0.2) is 0 Å². The highest BCUT2D eigenvalue weighted by atomic mass is 79.9. The van der Waals surface area contributed by atoms with Crippen molar-refractivity contribution >= 4 is 45.2 Å². The average Bonchev–Trinajstić information content (AvgIpc) is 3.17. The Bertz CT molecular complexity index is 1280. The lowest BCUT2D eigenvalue weighted by Crippen LogP contribution is -2.32. The molecule has 1 fully saturated rings. The van der Waals surface area contributed by atoms with Gasteiger partial charge in [0.1, 0.15) is 16.7 Å². The number of benzene rings is 3. The summed E-state index contributed by atoms with van der Waals surface area (Å²) in [7, 11) is 0. The SMILES string of the molecule is Cc1ccc(N2C(=O)C(Cc3ccc(Br)cc3)SC2=C(C#N)C(=O)NCCc2ccccc2)cc1. The summed E-state index contributed by atoms with van der Waals surface area (Å²) >= 11 is 4.71. The van der Waals surface area contributed by atoms with Crippen molar-refractivity contribution in [3.05, 3.63) is 111 Å². The zero-order valence-corrected chi connectivity index (χ0v) is 21.6. The molecule has 4 rings (SSSR count). The normalized spacial score (nSPS) is 16.7. The molecular weight excluding hydrogens is 522 g/mol. The summed E-state index contributed by atoms with van der Waals surface area (Å²) in [4.78, 5) is 28.1. The lowest BCUT2D eigenvalue weighted by Gasteiger charge is -2.19. The van der Waals surface area contributed by atoms with Gasteiger partial charge in [-0.1, -0.05) is 87.9 Å². The first kappa shape index (κ1) is 24.8. The number of halogens is 1. The highest BCUT2D eigenvalue weighted by Gasteiger charge is 2.40. The number of amides is 2. The van der Waals surface area contributed by atoms with Crippen LogP contribution >= 0.6 is 27.7 Å². The Labute approximate surface area is 218 Å². The number of carbonyl (C=O) groups is 2. The van der Waals surface area contributed by atoms with E-state index in [1.165, 1.54) is 16.7 Å². The average molecular weight is 546 g/mol. The van der Waals surface area contributed by atoms with Gasteiger partial charge >= 0.3 is 0 Å². The number of rotatable bonds is 7. The first-order valence-corrected chi connectivity index (χ1v) is 12.9. The number of anilines is 1. The van der Waals surface area contributed by atoms with Crippen LogP contribution in [0.2, 0.25) is 0 Å². The van der Waals surface area contributed by atoms with Gasteiger partial charge in [-0.3, -0.25) is 14.5 Å². The monoisotopic (exact) mass is 545 g/mol. The molecule has 3 aromatic carbocycles. The van der Waals surface area contributed by atoms with Crippen LogP contribution in [0.5, 0.6) is 0 Å². The van der Waals surface area contributed by atoms with E-state index in [0.717, 1.165) is 21.2 Å². The number of aryl methyl sites for hydroxylation is 1. The number of nitrogens with zero attached hydrogens (tertiary/aromatic N) is 2. The molecule has 1 atom stereocenters. The molecule has 0 aliphatic carbocycles. The Hall–Kier alpha value is -3.34. The minimum absolute atomic E-state index is 0.0460. The summed E-state index contributed by atoms with van der Waals surface area (Å²) in [5, 5.41) is 12.7. The van der Waals surface area contributed by atoms with Gasteiger partial charge in [0.05, 0.1) is 5.25 Å². The van der Waals surface area contributed by atoms with Crippen LogP contribution in [-0.4, -0.2) is 23.6 Å². The highest BCUT2D eigenvalue weighted by molar-refractivity contribution is 9.10. The van der Waals surface area contributed by atoms with Crippen molar-refractivity contribution in [2.45, 2.75) is 25.0 Å². The van der Waals surface area contributed by atoms with E-state index in [2.05, 4.69) is 27.3 Å². The summed E-state index contributed by atoms with van der Waals surface area (Å²) in [6.07, 6.45) is 1.15. The maximum Gasteiger partial charge on any atom is 0.264 e. The highest BCUT2D eigenvalue weighted by Crippen LogP contribution is 2.42. The molecule has 0 saturated carbocycles. The summed E-state index contributed by atoms with van der Waals surface area (Å²) in [6.45, 7) is 2.37. The molecule has 7 heteroatoms. The Morgan fingerprint density at radius 2 is 1.71 bits per heavy atom. The van der Waals surface area contributed by atoms with Crippen molar-refractivity contribution in [3.8, 4) is 6.07 Å². The van der Waals surface area contributed by atoms with Crippen LogP contribution in [0.15, 0.2) is 93.9 Å². The fourth-order valence-electron chi connectivity index (χ4n) is 3.80. The van der Waals surface area contributed by atoms with Crippen LogP contribution in [0.25, 0.3) is 0 Å². The summed E-state index contributed by atoms with van der Waals surface area (Å²) in [5.74, 6) is -0.609. The second-order valence-corrected chi connectivity index (χ2v) is 10.3. The van der Waals surface area contributed by atoms with Gasteiger partial charge in [0.2, 0.25) is 5.91 Å². The third-order valence-electron chi connectivity index (χ3n) is 5.67. The van der Waals surface area contributed by atoms with E-state index in [9.17, 15) is 14.9 Å². The van der Waals surface area contributed by atoms with Gasteiger partial charge in [0, 0.05) is 16.7 Å². The fourth-order valence-corrected chi connectivity index (χ4v) is 5.38. The molecule has 35 heavy (non-hydrogen) atoms. The number of carbonyl (C=O) groups excluding carboxylic acids is 2. The summed E-state index contributed by atoms with van der Waals surface area (Å²) < 4.78 is 0.965. The molecule has 1 N–H and O–H groups in total.